The van der Waals surface area contributed by atoms with E-state index in [1.165, 1.54) is 16.9 Å². The second kappa shape index (κ2) is 6.80. The molecule has 0 radical (unpaired) electrons. The van der Waals surface area contributed by atoms with Crippen molar-refractivity contribution in [2.45, 2.75) is 13.5 Å². The van der Waals surface area contributed by atoms with Crippen LogP contribution in [0.5, 0.6) is 11.5 Å². The Morgan fingerprint density at radius 3 is 2.73 bits per heavy atom. The average Bonchev–Trinajstić information content (AvgIpc) is 3.30. The molecule has 0 saturated heterocycles. The normalized spacial score (nSPS) is 12.2. The van der Waals surface area contributed by atoms with E-state index in [1.54, 1.807) is 11.9 Å². The van der Waals surface area contributed by atoms with E-state index in [1.807, 2.05) is 54.8 Å². The number of ether oxygens (including phenoxy) is 2. The van der Waals surface area contributed by atoms with E-state index in [0.29, 0.717) is 12.2 Å². The zero-order valence-corrected chi connectivity index (χ0v) is 15.4. The summed E-state index contributed by atoms with van der Waals surface area (Å²) in [5, 5.41) is 2.66. The van der Waals surface area contributed by atoms with Gasteiger partial charge in [0.15, 0.2) is 11.5 Å². The number of nitrogens with zero attached hydrogens (tertiary/aromatic N) is 2. The lowest BCUT2D eigenvalue weighted by atomic mass is 10.2. The summed E-state index contributed by atoms with van der Waals surface area (Å²) in [4.78, 5) is 18.9. The Morgan fingerprint density at radius 1 is 1.15 bits per heavy atom. The number of thiazole rings is 1. The van der Waals surface area contributed by atoms with Crippen LogP contribution in [-0.4, -0.2) is 29.6 Å². The summed E-state index contributed by atoms with van der Waals surface area (Å²) in [7, 11) is 1.78. The second-order valence-electron chi connectivity index (χ2n) is 6.25. The molecule has 3 aromatic rings. The highest BCUT2D eigenvalue weighted by Crippen LogP contribution is 2.33. The Kier molecular flexibility index (Phi) is 4.34. The Labute approximate surface area is 155 Å². The quantitative estimate of drug-likeness (QED) is 0.697. The molecule has 0 unspecified atom stereocenters. The Hall–Kier alpha value is -2.86. The molecule has 0 aliphatic carbocycles. The topological polar surface area (TPSA) is 51.7 Å². The Bertz CT molecular complexity index is 950. The third-order valence-electron chi connectivity index (χ3n) is 4.23. The molecule has 6 heteroatoms. The predicted molar refractivity (Wildman–Crippen MR) is 101 cm³/mol. The number of aromatic nitrogens is 1. The number of carbonyl (C=O) groups is 1. The maximum Gasteiger partial charge on any atom is 0.273 e. The summed E-state index contributed by atoms with van der Waals surface area (Å²) in [5.41, 5.74) is 3.68. The minimum atomic E-state index is -0.0997. The van der Waals surface area contributed by atoms with Gasteiger partial charge in [0, 0.05) is 24.5 Å². The molecule has 5 nitrogen and oxygen atoms in total. The molecule has 1 aromatic heterocycles. The van der Waals surface area contributed by atoms with E-state index in [4.69, 9.17) is 9.47 Å². The molecule has 26 heavy (non-hydrogen) atoms. The number of hydrogen-bond acceptors (Lipinski definition) is 5. The van der Waals surface area contributed by atoms with Crippen LogP contribution >= 0.6 is 11.3 Å². The van der Waals surface area contributed by atoms with E-state index < -0.39 is 0 Å². The molecule has 1 aliphatic rings. The van der Waals surface area contributed by atoms with Crippen molar-refractivity contribution in [3.05, 3.63) is 64.7 Å². The molecule has 0 fully saturated rings. The molecule has 1 amide bonds. The third-order valence-corrected chi connectivity index (χ3v) is 5.12. The number of hydrogen-bond donors (Lipinski definition) is 0. The minimum absolute atomic E-state index is 0.0997. The third kappa shape index (κ3) is 3.28. The van der Waals surface area contributed by atoms with E-state index in [9.17, 15) is 4.79 Å². The molecule has 2 aromatic carbocycles. The number of rotatable bonds is 4. The fourth-order valence-electron chi connectivity index (χ4n) is 2.78. The highest BCUT2D eigenvalue weighted by atomic mass is 32.1. The van der Waals surface area contributed by atoms with Gasteiger partial charge < -0.3 is 14.4 Å². The lowest BCUT2D eigenvalue weighted by Crippen LogP contribution is -2.26. The summed E-state index contributed by atoms with van der Waals surface area (Å²) in [6.07, 6.45) is 0. The van der Waals surface area contributed by atoms with Gasteiger partial charge in [0.2, 0.25) is 6.79 Å². The molecular formula is C20H18N2O3S. The molecule has 0 saturated carbocycles. The van der Waals surface area contributed by atoms with Crippen LogP contribution in [0.15, 0.2) is 47.8 Å². The van der Waals surface area contributed by atoms with Crippen molar-refractivity contribution in [2.24, 2.45) is 0 Å². The maximum absolute atomic E-state index is 12.7. The Morgan fingerprint density at radius 2 is 1.92 bits per heavy atom. The highest BCUT2D eigenvalue weighted by Gasteiger charge is 2.18. The molecule has 132 valence electrons. The lowest BCUT2D eigenvalue weighted by Gasteiger charge is -2.16. The first-order chi connectivity index (χ1) is 12.6. The van der Waals surface area contributed by atoms with Crippen molar-refractivity contribution < 1.29 is 14.3 Å². The lowest BCUT2D eigenvalue weighted by molar-refractivity contribution is 0.0780. The van der Waals surface area contributed by atoms with Gasteiger partial charge in [-0.3, -0.25) is 4.79 Å². The highest BCUT2D eigenvalue weighted by molar-refractivity contribution is 7.13. The summed E-state index contributed by atoms with van der Waals surface area (Å²) in [6.45, 7) is 2.77. The van der Waals surface area contributed by atoms with Gasteiger partial charge in [0.1, 0.15) is 10.7 Å². The van der Waals surface area contributed by atoms with Crippen LogP contribution in [0.3, 0.4) is 0 Å². The smallest absolute Gasteiger partial charge is 0.273 e. The van der Waals surface area contributed by atoms with Crippen LogP contribution in [0.2, 0.25) is 0 Å². The molecule has 1 aliphatic heterocycles. The van der Waals surface area contributed by atoms with Gasteiger partial charge in [0.25, 0.3) is 5.91 Å². The van der Waals surface area contributed by atoms with Crippen LogP contribution in [0, 0.1) is 6.92 Å². The van der Waals surface area contributed by atoms with Gasteiger partial charge in [-0.1, -0.05) is 35.9 Å². The van der Waals surface area contributed by atoms with Crippen molar-refractivity contribution >= 4 is 17.2 Å². The van der Waals surface area contributed by atoms with Crippen LogP contribution < -0.4 is 9.47 Å². The van der Waals surface area contributed by atoms with E-state index >= 15 is 0 Å². The standard InChI is InChI=1S/C20H18N2O3S/c1-13-3-6-15(7-4-13)19-21-16(11-26-19)20(23)22(2)10-14-5-8-17-18(9-14)25-12-24-17/h3-9,11H,10,12H2,1-2H3. The van der Waals surface area contributed by atoms with Gasteiger partial charge in [-0.25, -0.2) is 4.98 Å². The van der Waals surface area contributed by atoms with Crippen molar-refractivity contribution in [2.75, 3.05) is 13.8 Å². The largest absolute Gasteiger partial charge is 0.454 e. The van der Waals surface area contributed by atoms with Gasteiger partial charge in [-0.15, -0.1) is 11.3 Å². The van der Waals surface area contributed by atoms with Crippen LogP contribution in [0.1, 0.15) is 21.6 Å². The summed E-state index contributed by atoms with van der Waals surface area (Å²) in [6, 6.07) is 13.9. The number of benzene rings is 2. The molecule has 0 spiro atoms. The minimum Gasteiger partial charge on any atom is -0.454 e. The number of carbonyl (C=O) groups excluding carboxylic acids is 1. The molecule has 0 bridgehead atoms. The summed E-state index contributed by atoms with van der Waals surface area (Å²) >= 11 is 1.48. The number of fused-ring (bicyclic) bond motifs is 1. The zero-order chi connectivity index (χ0) is 18.1. The monoisotopic (exact) mass is 366 g/mol. The van der Waals surface area contributed by atoms with Crippen molar-refractivity contribution in [1.82, 2.24) is 9.88 Å². The Balaban J connectivity index is 1.48. The fraction of sp³-hybridized carbons (Fsp3) is 0.200. The first-order valence-electron chi connectivity index (χ1n) is 8.27. The molecular weight excluding hydrogens is 348 g/mol. The SMILES string of the molecule is Cc1ccc(-c2nc(C(=O)N(C)Cc3ccc4c(c3)OCO4)cs2)cc1. The van der Waals surface area contributed by atoms with Crippen LogP contribution in [0.4, 0.5) is 0 Å². The predicted octanol–water partition coefficient (Wildman–Crippen LogP) is 4.12. The van der Waals surface area contributed by atoms with E-state index in [0.717, 1.165) is 27.6 Å². The fourth-order valence-corrected chi connectivity index (χ4v) is 3.58. The molecule has 4 rings (SSSR count). The first-order valence-corrected chi connectivity index (χ1v) is 9.15. The van der Waals surface area contributed by atoms with Crippen LogP contribution in [-0.2, 0) is 6.54 Å². The van der Waals surface area contributed by atoms with Crippen LogP contribution in [0.25, 0.3) is 10.6 Å². The number of amides is 1. The average molecular weight is 366 g/mol. The number of aryl methyl sites for hydroxylation is 1. The second-order valence-corrected chi connectivity index (χ2v) is 7.11. The van der Waals surface area contributed by atoms with Crippen molar-refractivity contribution in [3.8, 4) is 22.1 Å². The van der Waals surface area contributed by atoms with Crippen molar-refractivity contribution in [3.63, 3.8) is 0 Å². The van der Waals surface area contributed by atoms with Gasteiger partial charge in [-0.05, 0) is 24.6 Å². The molecule has 0 atom stereocenters. The van der Waals surface area contributed by atoms with E-state index in [2.05, 4.69) is 4.98 Å². The zero-order valence-electron chi connectivity index (χ0n) is 14.6. The van der Waals surface area contributed by atoms with E-state index in [-0.39, 0.29) is 12.7 Å². The molecule has 0 N–H and O–H groups in total. The van der Waals surface area contributed by atoms with Gasteiger partial charge in [-0.2, -0.15) is 0 Å². The summed E-state index contributed by atoms with van der Waals surface area (Å²) in [5.74, 6) is 1.36. The van der Waals surface area contributed by atoms with Gasteiger partial charge >= 0.3 is 0 Å². The first kappa shape index (κ1) is 16.6. The maximum atomic E-state index is 12.7. The van der Waals surface area contributed by atoms with Crippen molar-refractivity contribution in [1.29, 1.82) is 0 Å². The van der Waals surface area contributed by atoms with Gasteiger partial charge in [0.05, 0.1) is 0 Å². The summed E-state index contributed by atoms with van der Waals surface area (Å²) < 4.78 is 10.7. The molecule has 2 heterocycles.